The van der Waals surface area contributed by atoms with Crippen molar-refractivity contribution in [3.63, 3.8) is 0 Å². The van der Waals surface area contributed by atoms with Gasteiger partial charge in [0.05, 0.1) is 0 Å². The first-order valence-electron chi connectivity index (χ1n) is 6.69. The van der Waals surface area contributed by atoms with Gasteiger partial charge in [-0.25, -0.2) is 0 Å². The van der Waals surface area contributed by atoms with Crippen molar-refractivity contribution < 1.29 is 9.47 Å². The van der Waals surface area contributed by atoms with Crippen molar-refractivity contribution >= 4 is 21.6 Å². The number of nitrogen functional groups attached to an aromatic ring is 1. The fourth-order valence-electron chi connectivity index (χ4n) is 1.90. The van der Waals surface area contributed by atoms with Gasteiger partial charge in [-0.1, -0.05) is 22.0 Å². The molecule has 21 heavy (non-hydrogen) atoms. The predicted molar refractivity (Wildman–Crippen MR) is 89.9 cm³/mol. The molecular weight excluding hydrogens is 330 g/mol. The molecule has 2 N–H and O–H groups in total. The fraction of sp³-hybridized carbons (Fsp3) is 0.176. The molecule has 0 amide bonds. The quantitative estimate of drug-likeness (QED) is 0.463. The minimum atomic E-state index is 0.476. The van der Waals surface area contributed by atoms with Gasteiger partial charge in [-0.3, -0.25) is 0 Å². The number of ether oxygens (including phenoxy) is 2. The number of nitrogens with two attached hydrogens (primary N) is 1. The van der Waals surface area contributed by atoms with Crippen molar-refractivity contribution in [1.29, 1.82) is 0 Å². The maximum Gasteiger partial charge on any atom is 0.123 e. The molecule has 0 aromatic heterocycles. The van der Waals surface area contributed by atoms with Gasteiger partial charge in [0.1, 0.15) is 24.7 Å². The van der Waals surface area contributed by atoms with Crippen LogP contribution in [0.3, 0.4) is 0 Å². The Balaban J connectivity index is 1.85. The van der Waals surface area contributed by atoms with Gasteiger partial charge in [0, 0.05) is 10.2 Å². The summed E-state index contributed by atoms with van der Waals surface area (Å²) in [6, 6.07) is 13.3. The number of benzene rings is 2. The summed E-state index contributed by atoms with van der Waals surface area (Å²) in [6.07, 6.45) is 2.56. The van der Waals surface area contributed by atoms with Crippen LogP contribution in [0.5, 0.6) is 11.5 Å². The molecule has 0 radical (unpaired) electrons. The molecule has 0 atom stereocenters. The van der Waals surface area contributed by atoms with Gasteiger partial charge in [-0.2, -0.15) is 0 Å². The highest BCUT2D eigenvalue weighted by Crippen LogP contribution is 2.22. The smallest absolute Gasteiger partial charge is 0.123 e. The Morgan fingerprint density at radius 2 is 1.76 bits per heavy atom. The Hall–Kier alpha value is -1.94. The van der Waals surface area contributed by atoms with Crippen molar-refractivity contribution in [3.05, 3.63) is 65.2 Å². The van der Waals surface area contributed by atoms with Crippen molar-refractivity contribution in [1.82, 2.24) is 0 Å². The molecule has 0 fully saturated rings. The third kappa shape index (κ3) is 4.83. The summed E-state index contributed by atoms with van der Waals surface area (Å²) in [7, 11) is 0. The van der Waals surface area contributed by atoms with E-state index in [1.165, 1.54) is 0 Å². The van der Waals surface area contributed by atoms with Crippen LogP contribution < -0.4 is 15.2 Å². The first-order chi connectivity index (χ1) is 10.2. The van der Waals surface area contributed by atoms with E-state index in [1.807, 2.05) is 48.5 Å². The molecule has 2 rings (SSSR count). The molecule has 0 aliphatic heterocycles. The van der Waals surface area contributed by atoms with Gasteiger partial charge in [-0.05, 0) is 54.4 Å². The van der Waals surface area contributed by atoms with E-state index in [2.05, 4.69) is 22.5 Å². The first-order valence-corrected chi connectivity index (χ1v) is 7.49. The standard InChI is InChI=1S/C17H18BrNO2/c1-2-3-13-12-15(19)6-9-17(13)21-11-10-20-16-7-4-14(18)5-8-16/h2,4-9,12H,1,3,10-11,19H2. The summed E-state index contributed by atoms with van der Waals surface area (Å²) >= 11 is 3.39. The Morgan fingerprint density at radius 1 is 1.05 bits per heavy atom. The Bertz CT molecular complexity index is 596. The molecule has 4 heteroatoms. The predicted octanol–water partition coefficient (Wildman–Crippen LogP) is 4.22. The van der Waals surface area contributed by atoms with Gasteiger partial charge < -0.3 is 15.2 Å². The molecule has 3 nitrogen and oxygen atoms in total. The fourth-order valence-corrected chi connectivity index (χ4v) is 2.16. The zero-order valence-electron chi connectivity index (χ0n) is 11.7. The van der Waals surface area contributed by atoms with Crippen LogP contribution in [0.4, 0.5) is 5.69 Å². The molecule has 2 aromatic rings. The van der Waals surface area contributed by atoms with Crippen molar-refractivity contribution in [2.75, 3.05) is 18.9 Å². The van der Waals surface area contributed by atoms with Crippen LogP contribution in [0.2, 0.25) is 0 Å². The van der Waals surface area contributed by atoms with E-state index in [0.29, 0.717) is 13.2 Å². The van der Waals surface area contributed by atoms with E-state index in [0.717, 1.165) is 33.6 Å². The summed E-state index contributed by atoms with van der Waals surface area (Å²) in [5.74, 6) is 1.65. The van der Waals surface area contributed by atoms with E-state index in [1.54, 1.807) is 0 Å². The van der Waals surface area contributed by atoms with E-state index in [-0.39, 0.29) is 0 Å². The largest absolute Gasteiger partial charge is 0.490 e. The lowest BCUT2D eigenvalue weighted by Gasteiger charge is -2.12. The topological polar surface area (TPSA) is 44.5 Å². The SMILES string of the molecule is C=CCc1cc(N)ccc1OCCOc1ccc(Br)cc1. The van der Waals surface area contributed by atoms with E-state index in [4.69, 9.17) is 15.2 Å². The molecule has 0 saturated heterocycles. The first kappa shape index (κ1) is 15.4. The van der Waals surface area contributed by atoms with E-state index >= 15 is 0 Å². The number of anilines is 1. The number of allylic oxidation sites excluding steroid dienone is 1. The average Bonchev–Trinajstić information content (AvgIpc) is 2.48. The molecule has 0 unspecified atom stereocenters. The molecule has 0 bridgehead atoms. The molecule has 0 aliphatic rings. The van der Waals surface area contributed by atoms with E-state index < -0.39 is 0 Å². The lowest BCUT2D eigenvalue weighted by molar-refractivity contribution is 0.216. The molecule has 2 aromatic carbocycles. The second-order valence-corrected chi connectivity index (χ2v) is 5.43. The Labute approximate surface area is 133 Å². The highest BCUT2D eigenvalue weighted by atomic mass is 79.9. The number of halogens is 1. The van der Waals surface area contributed by atoms with Crippen LogP contribution >= 0.6 is 15.9 Å². The third-order valence-electron chi connectivity index (χ3n) is 2.87. The molecule has 0 heterocycles. The van der Waals surface area contributed by atoms with Crippen LogP contribution in [0.25, 0.3) is 0 Å². The monoisotopic (exact) mass is 347 g/mol. The number of hydrogen-bond acceptors (Lipinski definition) is 3. The maximum atomic E-state index is 5.78. The zero-order chi connectivity index (χ0) is 15.1. The maximum absolute atomic E-state index is 5.78. The number of rotatable bonds is 7. The Kier molecular flexibility index (Phi) is 5.69. The molecule has 0 saturated carbocycles. The lowest BCUT2D eigenvalue weighted by Crippen LogP contribution is -2.10. The molecule has 110 valence electrons. The van der Waals surface area contributed by atoms with Gasteiger partial charge in [-0.15, -0.1) is 6.58 Å². The van der Waals surface area contributed by atoms with Crippen LogP contribution in [0, 0.1) is 0 Å². The van der Waals surface area contributed by atoms with Gasteiger partial charge in [0.2, 0.25) is 0 Å². The third-order valence-corrected chi connectivity index (χ3v) is 3.40. The Morgan fingerprint density at radius 3 is 2.48 bits per heavy atom. The lowest BCUT2D eigenvalue weighted by atomic mass is 10.1. The zero-order valence-corrected chi connectivity index (χ0v) is 13.3. The van der Waals surface area contributed by atoms with Gasteiger partial charge in [0.15, 0.2) is 0 Å². The second-order valence-electron chi connectivity index (χ2n) is 4.51. The highest BCUT2D eigenvalue weighted by molar-refractivity contribution is 9.10. The minimum Gasteiger partial charge on any atom is -0.490 e. The summed E-state index contributed by atoms with van der Waals surface area (Å²) < 4.78 is 12.4. The summed E-state index contributed by atoms with van der Waals surface area (Å²) in [6.45, 7) is 4.71. The summed E-state index contributed by atoms with van der Waals surface area (Å²) in [5, 5.41) is 0. The van der Waals surface area contributed by atoms with Crippen LogP contribution in [-0.4, -0.2) is 13.2 Å². The van der Waals surface area contributed by atoms with Crippen molar-refractivity contribution in [2.24, 2.45) is 0 Å². The summed E-state index contributed by atoms with van der Waals surface area (Å²) in [4.78, 5) is 0. The summed E-state index contributed by atoms with van der Waals surface area (Å²) in [5.41, 5.74) is 7.55. The van der Waals surface area contributed by atoms with Crippen molar-refractivity contribution in [3.8, 4) is 11.5 Å². The number of hydrogen-bond donors (Lipinski definition) is 1. The van der Waals surface area contributed by atoms with Crippen molar-refractivity contribution in [2.45, 2.75) is 6.42 Å². The minimum absolute atomic E-state index is 0.476. The molecule has 0 spiro atoms. The highest BCUT2D eigenvalue weighted by Gasteiger charge is 2.03. The van der Waals surface area contributed by atoms with Crippen LogP contribution in [0.15, 0.2) is 59.6 Å². The van der Waals surface area contributed by atoms with Crippen LogP contribution in [0.1, 0.15) is 5.56 Å². The van der Waals surface area contributed by atoms with E-state index in [9.17, 15) is 0 Å². The second kappa shape index (κ2) is 7.74. The molecular formula is C17H18BrNO2. The normalized spacial score (nSPS) is 10.1. The van der Waals surface area contributed by atoms with Crippen LogP contribution in [-0.2, 0) is 6.42 Å². The van der Waals surface area contributed by atoms with Gasteiger partial charge in [0.25, 0.3) is 0 Å². The molecule has 0 aliphatic carbocycles. The van der Waals surface area contributed by atoms with Gasteiger partial charge >= 0.3 is 0 Å². The average molecular weight is 348 g/mol.